The molecule has 3 N–H and O–H groups in total. The Bertz CT molecular complexity index is 505. The summed E-state index contributed by atoms with van der Waals surface area (Å²) < 4.78 is 0. The second-order valence-electron chi connectivity index (χ2n) is 5.20. The molecule has 5 heteroatoms. The third kappa shape index (κ3) is 3.78. The van der Waals surface area contributed by atoms with E-state index in [0.717, 1.165) is 36.1 Å². The zero-order valence-corrected chi connectivity index (χ0v) is 14.1. The van der Waals surface area contributed by atoms with Crippen molar-refractivity contribution in [2.24, 2.45) is 5.73 Å². The van der Waals surface area contributed by atoms with Gasteiger partial charge in [0.25, 0.3) is 0 Å². The smallest absolute Gasteiger partial charge is 0.331 e. The Labute approximate surface area is 133 Å². The van der Waals surface area contributed by atoms with E-state index in [4.69, 9.17) is 11.1 Å². The van der Waals surface area contributed by atoms with Gasteiger partial charge in [-0.15, -0.1) is 0 Å². The number of nitrogens with zero attached hydrogens (tertiary/aromatic N) is 2. The molecule has 1 aromatic rings. The molecule has 1 rings (SSSR count). The van der Waals surface area contributed by atoms with Crippen LogP contribution < -0.4 is 10.6 Å². The molecule has 22 heavy (non-hydrogen) atoms. The lowest BCUT2D eigenvalue weighted by molar-refractivity contribution is 0.227. The predicted molar refractivity (Wildman–Crippen MR) is 92.5 cm³/mol. The van der Waals surface area contributed by atoms with E-state index in [1.807, 2.05) is 19.9 Å². The summed E-state index contributed by atoms with van der Waals surface area (Å²) in [5.74, 6) is -0.208. The summed E-state index contributed by atoms with van der Waals surface area (Å²) in [6.45, 7) is 9.07. The van der Waals surface area contributed by atoms with Crippen LogP contribution >= 0.6 is 0 Å². The molecule has 0 aliphatic carbocycles. The number of rotatable bonds is 6. The maximum absolute atomic E-state index is 12.9. The van der Waals surface area contributed by atoms with Crippen LogP contribution in [0.4, 0.5) is 10.5 Å². The van der Waals surface area contributed by atoms with Crippen molar-refractivity contribution in [3.63, 3.8) is 0 Å². The minimum Gasteiger partial charge on any atom is -0.370 e. The van der Waals surface area contributed by atoms with Crippen molar-refractivity contribution in [2.75, 3.05) is 18.0 Å². The number of anilines is 1. The van der Waals surface area contributed by atoms with Crippen molar-refractivity contribution in [3.8, 4) is 0 Å². The molecule has 0 fully saturated rings. The lowest BCUT2D eigenvalue weighted by Crippen LogP contribution is -2.49. The summed E-state index contributed by atoms with van der Waals surface area (Å²) in [7, 11) is 0. The number of carbonyl (C=O) groups is 1. The Morgan fingerprint density at radius 3 is 2.05 bits per heavy atom. The van der Waals surface area contributed by atoms with E-state index in [-0.39, 0.29) is 12.0 Å². The highest BCUT2D eigenvalue weighted by molar-refractivity contribution is 6.03. The van der Waals surface area contributed by atoms with Gasteiger partial charge in [-0.2, -0.15) is 0 Å². The van der Waals surface area contributed by atoms with Crippen LogP contribution in [0.25, 0.3) is 0 Å². The fraction of sp³-hybridized carbons (Fsp3) is 0.529. The summed E-state index contributed by atoms with van der Waals surface area (Å²) in [5, 5.41) is 7.62. The summed E-state index contributed by atoms with van der Waals surface area (Å²) in [6, 6.07) is 5.95. The third-order valence-corrected chi connectivity index (χ3v) is 3.75. The molecule has 0 saturated carbocycles. The molecule has 0 unspecified atom stereocenters. The van der Waals surface area contributed by atoms with Gasteiger partial charge in [0.15, 0.2) is 5.96 Å². The molecule has 0 radical (unpaired) electrons. The van der Waals surface area contributed by atoms with Gasteiger partial charge in [0.2, 0.25) is 0 Å². The summed E-state index contributed by atoms with van der Waals surface area (Å²) in [4.78, 5) is 16.0. The van der Waals surface area contributed by atoms with Crippen molar-refractivity contribution in [1.82, 2.24) is 4.90 Å². The highest BCUT2D eigenvalue weighted by atomic mass is 16.2. The number of guanidine groups is 1. The molecular weight excluding hydrogens is 276 g/mol. The van der Waals surface area contributed by atoms with Crippen LogP contribution in [0.2, 0.25) is 0 Å². The van der Waals surface area contributed by atoms with Crippen LogP contribution in [-0.2, 0) is 12.8 Å². The molecule has 0 spiro atoms. The fourth-order valence-corrected chi connectivity index (χ4v) is 2.64. The highest BCUT2D eigenvalue weighted by Gasteiger charge is 2.25. The van der Waals surface area contributed by atoms with Crippen molar-refractivity contribution >= 4 is 17.7 Å². The topological polar surface area (TPSA) is 73.4 Å². The van der Waals surface area contributed by atoms with Crippen LogP contribution in [0.3, 0.4) is 0 Å². The van der Waals surface area contributed by atoms with E-state index < -0.39 is 0 Å². The normalized spacial score (nSPS) is 10.4. The average molecular weight is 304 g/mol. The molecule has 0 atom stereocenters. The van der Waals surface area contributed by atoms with Crippen molar-refractivity contribution in [3.05, 3.63) is 29.3 Å². The first-order valence-electron chi connectivity index (χ1n) is 8.05. The number of carbonyl (C=O) groups excluding carboxylic acids is 1. The monoisotopic (exact) mass is 304 g/mol. The standard InChI is InChI=1S/C17H28N4O/c1-5-12-21(17(22)20(8-4)16(18)19)15-13(6-2)10-9-11-14(15)7-3/h9-11H,5-8,12H2,1-4H3,(H3,18,19). The van der Waals surface area contributed by atoms with E-state index in [1.165, 1.54) is 4.90 Å². The molecule has 5 nitrogen and oxygen atoms in total. The third-order valence-electron chi connectivity index (χ3n) is 3.75. The number of urea groups is 1. The largest absolute Gasteiger partial charge is 0.370 e. The number of nitrogens with one attached hydrogen (secondary N) is 1. The first kappa shape index (κ1) is 18.0. The van der Waals surface area contributed by atoms with Gasteiger partial charge in [-0.3, -0.25) is 15.2 Å². The Morgan fingerprint density at radius 2 is 1.68 bits per heavy atom. The summed E-state index contributed by atoms with van der Waals surface area (Å²) >= 11 is 0. The second kappa shape index (κ2) is 8.41. The van der Waals surface area contributed by atoms with E-state index in [9.17, 15) is 4.79 Å². The number of hydrogen-bond acceptors (Lipinski definition) is 2. The maximum Gasteiger partial charge on any atom is 0.331 e. The quantitative estimate of drug-likeness (QED) is 0.624. The minimum atomic E-state index is -0.215. The number of aryl methyl sites for hydroxylation is 2. The Balaban J connectivity index is 3.37. The first-order valence-corrected chi connectivity index (χ1v) is 8.05. The van der Waals surface area contributed by atoms with Crippen molar-refractivity contribution in [2.45, 2.75) is 47.0 Å². The number of para-hydroxylation sites is 1. The van der Waals surface area contributed by atoms with Crippen LogP contribution in [0.15, 0.2) is 18.2 Å². The lowest BCUT2D eigenvalue weighted by Gasteiger charge is -2.31. The van der Waals surface area contributed by atoms with Crippen molar-refractivity contribution in [1.29, 1.82) is 5.41 Å². The first-order chi connectivity index (χ1) is 10.5. The SMILES string of the molecule is CCCN(C(=O)N(CC)C(=N)N)c1c(CC)cccc1CC. The van der Waals surface area contributed by atoms with E-state index >= 15 is 0 Å². The van der Waals surface area contributed by atoms with Gasteiger partial charge in [-0.05, 0) is 37.3 Å². The van der Waals surface area contributed by atoms with Gasteiger partial charge in [-0.25, -0.2) is 4.79 Å². The molecule has 0 bridgehead atoms. The van der Waals surface area contributed by atoms with Crippen LogP contribution in [0.1, 0.15) is 45.2 Å². The lowest BCUT2D eigenvalue weighted by atomic mass is 10.0. The second-order valence-corrected chi connectivity index (χ2v) is 5.20. The van der Waals surface area contributed by atoms with Gasteiger partial charge < -0.3 is 5.73 Å². The van der Waals surface area contributed by atoms with Gasteiger partial charge in [-0.1, -0.05) is 39.0 Å². The van der Waals surface area contributed by atoms with Gasteiger partial charge in [0.1, 0.15) is 0 Å². The maximum atomic E-state index is 12.9. The molecular formula is C17H28N4O. The number of nitrogens with two attached hydrogens (primary N) is 1. The van der Waals surface area contributed by atoms with Crippen LogP contribution in [-0.4, -0.2) is 30.0 Å². The Hall–Kier alpha value is -2.04. The van der Waals surface area contributed by atoms with Gasteiger partial charge >= 0.3 is 6.03 Å². The zero-order valence-electron chi connectivity index (χ0n) is 14.1. The Kier molecular flexibility index (Phi) is 6.89. The summed E-state index contributed by atoms with van der Waals surface area (Å²) in [5.41, 5.74) is 8.86. The molecule has 0 heterocycles. The zero-order chi connectivity index (χ0) is 16.7. The van der Waals surface area contributed by atoms with Crippen LogP contribution in [0.5, 0.6) is 0 Å². The molecule has 0 aromatic heterocycles. The molecule has 122 valence electrons. The molecule has 0 aliphatic heterocycles. The number of amides is 2. The highest BCUT2D eigenvalue weighted by Crippen LogP contribution is 2.28. The number of hydrogen-bond donors (Lipinski definition) is 2. The fourth-order valence-electron chi connectivity index (χ4n) is 2.64. The predicted octanol–water partition coefficient (Wildman–Crippen LogP) is 3.36. The van der Waals surface area contributed by atoms with Crippen molar-refractivity contribution < 1.29 is 4.79 Å². The minimum absolute atomic E-state index is 0.208. The van der Waals surface area contributed by atoms with Gasteiger partial charge in [0, 0.05) is 13.1 Å². The number of benzene rings is 1. The molecule has 2 amide bonds. The Morgan fingerprint density at radius 1 is 1.14 bits per heavy atom. The van der Waals surface area contributed by atoms with E-state index in [0.29, 0.717) is 13.1 Å². The van der Waals surface area contributed by atoms with Crippen LogP contribution in [0, 0.1) is 5.41 Å². The molecule has 1 aromatic carbocycles. The molecule has 0 saturated heterocycles. The van der Waals surface area contributed by atoms with E-state index in [2.05, 4.69) is 26.0 Å². The molecule has 0 aliphatic rings. The average Bonchev–Trinajstić information content (AvgIpc) is 2.52. The summed E-state index contributed by atoms with van der Waals surface area (Å²) in [6.07, 6.45) is 2.58. The van der Waals surface area contributed by atoms with E-state index in [1.54, 1.807) is 4.90 Å². The van der Waals surface area contributed by atoms with Gasteiger partial charge in [0.05, 0.1) is 5.69 Å².